The van der Waals surface area contributed by atoms with E-state index in [1.165, 1.54) is 35.6 Å². The lowest BCUT2D eigenvalue weighted by atomic mass is 10.1. The number of non-ortho nitro benzene ring substituents is 1. The predicted molar refractivity (Wildman–Crippen MR) is 65.4 cm³/mol. The molecule has 2 aromatic rings. The van der Waals surface area contributed by atoms with Crippen LogP contribution in [0.15, 0.2) is 41.8 Å². The molecule has 0 unspecified atom stereocenters. The molecule has 1 aromatic carbocycles. The summed E-state index contributed by atoms with van der Waals surface area (Å²) in [5.74, 6) is -0.0256. The van der Waals surface area contributed by atoms with Crippen molar-refractivity contribution >= 4 is 22.8 Å². The van der Waals surface area contributed by atoms with Gasteiger partial charge in [-0.15, -0.1) is 11.3 Å². The molecule has 1 aromatic heterocycles. The molecule has 0 atom stereocenters. The number of carbonyl (C=O) groups excluding carboxylic acids is 1. The smallest absolute Gasteiger partial charge is 0.269 e. The molecule has 0 aliphatic carbocycles. The Morgan fingerprint density at radius 1 is 1.24 bits per heavy atom. The van der Waals surface area contributed by atoms with Gasteiger partial charge >= 0.3 is 0 Å². The largest absolute Gasteiger partial charge is 0.294 e. The van der Waals surface area contributed by atoms with Gasteiger partial charge in [0, 0.05) is 29.0 Å². The van der Waals surface area contributed by atoms with Crippen LogP contribution in [0.1, 0.15) is 15.2 Å². The summed E-state index contributed by atoms with van der Waals surface area (Å²) in [6, 6.07) is 9.47. The number of nitro benzene ring substituents is 1. The molecule has 86 valence electrons. The van der Waals surface area contributed by atoms with E-state index in [0.29, 0.717) is 12.0 Å². The second kappa shape index (κ2) is 4.88. The number of ketones is 1. The monoisotopic (exact) mass is 247 g/mol. The van der Waals surface area contributed by atoms with Gasteiger partial charge in [-0.1, -0.05) is 6.07 Å². The van der Waals surface area contributed by atoms with E-state index in [2.05, 4.69) is 0 Å². The molecule has 0 fully saturated rings. The van der Waals surface area contributed by atoms with Crippen molar-refractivity contribution in [1.82, 2.24) is 0 Å². The number of benzene rings is 1. The standard InChI is InChI=1S/C12H9NO3S/c14-12(8-11-2-1-7-17-11)9-3-5-10(6-4-9)13(15)16/h1-7H,8H2. The van der Waals surface area contributed by atoms with Gasteiger partial charge in [-0.3, -0.25) is 14.9 Å². The molecule has 0 saturated heterocycles. The fourth-order valence-corrected chi connectivity index (χ4v) is 2.15. The molecule has 4 nitrogen and oxygen atoms in total. The average molecular weight is 247 g/mol. The first-order valence-corrected chi connectivity index (χ1v) is 5.85. The van der Waals surface area contributed by atoms with Crippen LogP contribution >= 0.6 is 11.3 Å². The molecule has 1 heterocycles. The molecule has 0 radical (unpaired) electrons. The normalized spacial score (nSPS) is 10.1. The number of rotatable bonds is 4. The zero-order valence-electron chi connectivity index (χ0n) is 8.83. The van der Waals surface area contributed by atoms with Gasteiger partial charge in [-0.05, 0) is 23.6 Å². The van der Waals surface area contributed by atoms with E-state index >= 15 is 0 Å². The third kappa shape index (κ3) is 2.76. The van der Waals surface area contributed by atoms with E-state index < -0.39 is 4.92 Å². The first kappa shape index (κ1) is 11.5. The summed E-state index contributed by atoms with van der Waals surface area (Å²) < 4.78 is 0. The maximum Gasteiger partial charge on any atom is 0.269 e. The van der Waals surface area contributed by atoms with Crippen molar-refractivity contribution in [2.24, 2.45) is 0 Å². The molecule has 0 N–H and O–H groups in total. The van der Waals surface area contributed by atoms with Crippen molar-refractivity contribution in [3.63, 3.8) is 0 Å². The van der Waals surface area contributed by atoms with E-state index in [1.807, 2.05) is 17.5 Å². The van der Waals surface area contributed by atoms with Gasteiger partial charge in [0.1, 0.15) is 0 Å². The Hall–Kier alpha value is -2.01. The van der Waals surface area contributed by atoms with Crippen molar-refractivity contribution in [2.45, 2.75) is 6.42 Å². The summed E-state index contributed by atoms with van der Waals surface area (Å²) in [7, 11) is 0. The Bertz CT molecular complexity index is 531. The highest BCUT2D eigenvalue weighted by molar-refractivity contribution is 7.10. The molecule has 0 aliphatic heterocycles. The Morgan fingerprint density at radius 3 is 2.47 bits per heavy atom. The summed E-state index contributed by atoms with van der Waals surface area (Å²) in [5.41, 5.74) is 0.502. The first-order valence-electron chi connectivity index (χ1n) is 4.97. The van der Waals surface area contributed by atoms with Gasteiger partial charge in [-0.2, -0.15) is 0 Å². The third-order valence-corrected chi connectivity index (χ3v) is 3.19. The topological polar surface area (TPSA) is 60.2 Å². The van der Waals surface area contributed by atoms with E-state index in [-0.39, 0.29) is 11.5 Å². The van der Waals surface area contributed by atoms with Gasteiger partial charge in [-0.25, -0.2) is 0 Å². The zero-order valence-corrected chi connectivity index (χ0v) is 9.65. The molecule has 2 rings (SSSR count). The average Bonchev–Trinajstić information content (AvgIpc) is 2.82. The van der Waals surface area contributed by atoms with Crippen LogP contribution in [0.25, 0.3) is 0 Å². The molecule has 0 saturated carbocycles. The van der Waals surface area contributed by atoms with Crippen molar-refractivity contribution in [2.75, 3.05) is 0 Å². The van der Waals surface area contributed by atoms with Crippen LogP contribution in [0.4, 0.5) is 5.69 Å². The molecule has 0 spiro atoms. The fraction of sp³-hybridized carbons (Fsp3) is 0.0833. The lowest BCUT2D eigenvalue weighted by Gasteiger charge is -1.98. The highest BCUT2D eigenvalue weighted by atomic mass is 32.1. The van der Waals surface area contributed by atoms with Crippen molar-refractivity contribution < 1.29 is 9.72 Å². The Balaban J connectivity index is 2.12. The van der Waals surface area contributed by atoms with Crippen LogP contribution < -0.4 is 0 Å². The summed E-state index contributed by atoms with van der Waals surface area (Å²) in [6.07, 6.45) is 0.343. The summed E-state index contributed by atoms with van der Waals surface area (Å²) >= 11 is 1.52. The van der Waals surface area contributed by atoms with Crippen molar-refractivity contribution in [3.8, 4) is 0 Å². The zero-order chi connectivity index (χ0) is 12.3. The second-order valence-electron chi connectivity index (χ2n) is 3.48. The van der Waals surface area contributed by atoms with Crippen LogP contribution in [0, 0.1) is 10.1 Å². The van der Waals surface area contributed by atoms with Crippen LogP contribution in [-0.2, 0) is 6.42 Å². The number of Topliss-reactive ketones (excluding diaryl/α,β-unsaturated/α-hetero) is 1. The lowest BCUT2D eigenvalue weighted by Crippen LogP contribution is -2.02. The fourth-order valence-electron chi connectivity index (χ4n) is 1.44. The minimum Gasteiger partial charge on any atom is -0.294 e. The minimum atomic E-state index is -0.479. The lowest BCUT2D eigenvalue weighted by molar-refractivity contribution is -0.384. The van der Waals surface area contributed by atoms with E-state index in [1.54, 1.807) is 0 Å². The van der Waals surface area contributed by atoms with Crippen molar-refractivity contribution in [3.05, 3.63) is 62.3 Å². The molecule has 0 amide bonds. The van der Waals surface area contributed by atoms with E-state index in [0.717, 1.165) is 4.88 Å². The first-order chi connectivity index (χ1) is 8.16. The molecule has 0 bridgehead atoms. The third-order valence-electron chi connectivity index (χ3n) is 2.31. The maximum absolute atomic E-state index is 11.8. The van der Waals surface area contributed by atoms with E-state index in [4.69, 9.17) is 0 Å². The number of carbonyl (C=O) groups is 1. The SMILES string of the molecule is O=C(Cc1cccs1)c1ccc([N+](=O)[O-])cc1. The van der Waals surface area contributed by atoms with Crippen LogP contribution in [-0.4, -0.2) is 10.7 Å². The molecule has 0 aliphatic rings. The quantitative estimate of drug-likeness (QED) is 0.474. The van der Waals surface area contributed by atoms with Crippen molar-refractivity contribution in [1.29, 1.82) is 0 Å². The molecule has 17 heavy (non-hydrogen) atoms. The summed E-state index contributed by atoms with van der Waals surface area (Å²) in [6.45, 7) is 0. The molecular formula is C12H9NO3S. The summed E-state index contributed by atoms with van der Waals surface area (Å²) in [5, 5.41) is 12.4. The minimum absolute atomic E-state index is 0.00215. The molecular weight excluding hydrogens is 238 g/mol. The number of nitrogens with zero attached hydrogens (tertiary/aromatic N) is 1. The van der Waals surface area contributed by atoms with Gasteiger partial charge in [0.25, 0.3) is 5.69 Å². The Morgan fingerprint density at radius 2 is 1.94 bits per heavy atom. The number of nitro groups is 1. The Kier molecular flexibility index (Phi) is 3.30. The predicted octanol–water partition coefficient (Wildman–Crippen LogP) is 3.08. The number of thiophene rings is 1. The summed E-state index contributed by atoms with van der Waals surface area (Å²) in [4.78, 5) is 22.8. The highest BCUT2D eigenvalue weighted by Crippen LogP contribution is 2.16. The van der Waals surface area contributed by atoms with Crippen LogP contribution in [0.2, 0.25) is 0 Å². The van der Waals surface area contributed by atoms with Crippen LogP contribution in [0.5, 0.6) is 0 Å². The second-order valence-corrected chi connectivity index (χ2v) is 4.52. The highest BCUT2D eigenvalue weighted by Gasteiger charge is 2.10. The molecule has 5 heteroatoms. The number of hydrogen-bond donors (Lipinski definition) is 0. The van der Waals surface area contributed by atoms with Gasteiger partial charge < -0.3 is 0 Å². The number of hydrogen-bond acceptors (Lipinski definition) is 4. The van der Waals surface area contributed by atoms with Gasteiger partial charge in [0.2, 0.25) is 0 Å². The Labute approximate surface area is 102 Å². The van der Waals surface area contributed by atoms with Crippen LogP contribution in [0.3, 0.4) is 0 Å². The maximum atomic E-state index is 11.8. The van der Waals surface area contributed by atoms with E-state index in [9.17, 15) is 14.9 Å². The van der Waals surface area contributed by atoms with Gasteiger partial charge in [0.15, 0.2) is 5.78 Å². The van der Waals surface area contributed by atoms with Gasteiger partial charge in [0.05, 0.1) is 4.92 Å².